The second-order valence-corrected chi connectivity index (χ2v) is 8.76. The molecule has 0 aliphatic heterocycles. The van der Waals surface area contributed by atoms with Gasteiger partial charge in [0.05, 0.1) is 11.8 Å². The van der Waals surface area contributed by atoms with Crippen molar-refractivity contribution in [2.24, 2.45) is 0 Å². The SMILES string of the molecule is CCCCCc1nc2c(c(C)c1CCCCC)CC[C@@]2(C#N)Cc1ccccc1. The Morgan fingerprint density at radius 2 is 1.69 bits per heavy atom. The maximum Gasteiger partial charge on any atom is 0.104 e. The maximum absolute atomic E-state index is 10.3. The highest BCUT2D eigenvalue weighted by atomic mass is 14.8. The molecular weight excluding hydrogens is 352 g/mol. The number of pyridine rings is 1. The van der Waals surface area contributed by atoms with Gasteiger partial charge in [-0.25, -0.2) is 0 Å². The molecule has 1 atom stereocenters. The number of benzene rings is 1. The van der Waals surface area contributed by atoms with E-state index < -0.39 is 5.41 Å². The van der Waals surface area contributed by atoms with Crippen molar-refractivity contribution in [3.05, 3.63) is 64.0 Å². The molecule has 1 heterocycles. The number of nitrogens with zero attached hydrogens (tertiary/aromatic N) is 2. The lowest BCUT2D eigenvalue weighted by atomic mass is 9.80. The molecule has 1 aliphatic carbocycles. The Hall–Kier alpha value is -2.14. The molecule has 2 nitrogen and oxygen atoms in total. The zero-order valence-electron chi connectivity index (χ0n) is 18.6. The summed E-state index contributed by atoms with van der Waals surface area (Å²) in [6.45, 7) is 6.81. The van der Waals surface area contributed by atoms with E-state index in [-0.39, 0.29) is 0 Å². The van der Waals surface area contributed by atoms with E-state index in [1.807, 2.05) is 6.07 Å². The molecule has 1 aliphatic rings. The van der Waals surface area contributed by atoms with E-state index in [9.17, 15) is 5.26 Å². The lowest BCUT2D eigenvalue weighted by Crippen LogP contribution is -2.26. The highest BCUT2D eigenvalue weighted by molar-refractivity contribution is 5.49. The number of nitriles is 1. The van der Waals surface area contributed by atoms with Crippen LogP contribution in [0, 0.1) is 18.3 Å². The van der Waals surface area contributed by atoms with Crippen molar-refractivity contribution in [2.45, 2.75) is 96.8 Å². The number of unbranched alkanes of at least 4 members (excludes halogenated alkanes) is 4. The Morgan fingerprint density at radius 1 is 1.00 bits per heavy atom. The van der Waals surface area contributed by atoms with Crippen molar-refractivity contribution in [3.8, 4) is 6.07 Å². The minimum absolute atomic E-state index is 0.469. The molecule has 0 fully saturated rings. The number of aryl methyl sites for hydroxylation is 1. The van der Waals surface area contributed by atoms with Crippen molar-refractivity contribution < 1.29 is 0 Å². The van der Waals surface area contributed by atoms with Gasteiger partial charge in [-0.1, -0.05) is 69.9 Å². The van der Waals surface area contributed by atoms with Crippen LogP contribution in [0.1, 0.15) is 92.4 Å². The first-order chi connectivity index (χ1) is 14.1. The monoisotopic (exact) mass is 388 g/mol. The van der Waals surface area contributed by atoms with Crippen LogP contribution in [0.5, 0.6) is 0 Å². The van der Waals surface area contributed by atoms with Crippen LogP contribution in [-0.4, -0.2) is 4.98 Å². The minimum atomic E-state index is -0.469. The number of aromatic nitrogens is 1. The quantitative estimate of drug-likeness (QED) is 0.419. The third-order valence-corrected chi connectivity index (χ3v) is 6.65. The number of hydrogen-bond donors (Lipinski definition) is 0. The van der Waals surface area contributed by atoms with Crippen LogP contribution in [0.2, 0.25) is 0 Å². The molecule has 0 radical (unpaired) electrons. The summed E-state index contributed by atoms with van der Waals surface area (Å²) in [6, 6.07) is 13.2. The van der Waals surface area contributed by atoms with E-state index in [1.54, 1.807) is 0 Å². The zero-order valence-corrected chi connectivity index (χ0v) is 18.6. The van der Waals surface area contributed by atoms with Gasteiger partial charge in [0, 0.05) is 5.69 Å². The first-order valence-electron chi connectivity index (χ1n) is 11.6. The Balaban J connectivity index is 2.00. The average molecular weight is 389 g/mol. The van der Waals surface area contributed by atoms with Crippen LogP contribution in [0.4, 0.5) is 0 Å². The standard InChI is InChI=1S/C27H36N2/c1-4-6-9-15-23-21(3)24-17-18-27(20-28,19-22-13-11-8-12-14-22)26(24)29-25(23)16-10-7-5-2/h8,11-14H,4-7,9-10,15-19H2,1-3H3/t27-/m0/s1. The minimum Gasteiger partial charge on any atom is -0.256 e. The number of hydrogen-bond acceptors (Lipinski definition) is 2. The first-order valence-corrected chi connectivity index (χ1v) is 11.6. The van der Waals surface area contributed by atoms with E-state index in [1.165, 1.54) is 66.5 Å². The van der Waals surface area contributed by atoms with Gasteiger partial charge < -0.3 is 0 Å². The molecule has 0 amide bonds. The Morgan fingerprint density at radius 3 is 2.34 bits per heavy atom. The van der Waals surface area contributed by atoms with Crippen LogP contribution < -0.4 is 0 Å². The van der Waals surface area contributed by atoms with Gasteiger partial charge in [0.1, 0.15) is 5.41 Å². The van der Waals surface area contributed by atoms with E-state index >= 15 is 0 Å². The van der Waals surface area contributed by atoms with Crippen LogP contribution in [-0.2, 0) is 31.1 Å². The Bertz CT molecular complexity index is 847. The topological polar surface area (TPSA) is 36.7 Å². The fraction of sp³-hybridized carbons (Fsp3) is 0.556. The van der Waals surface area contributed by atoms with Crippen molar-refractivity contribution >= 4 is 0 Å². The second-order valence-electron chi connectivity index (χ2n) is 8.76. The third kappa shape index (κ3) is 4.72. The van der Waals surface area contributed by atoms with Gasteiger partial charge in [0.2, 0.25) is 0 Å². The molecule has 154 valence electrons. The fourth-order valence-electron chi connectivity index (χ4n) is 4.90. The zero-order chi connectivity index (χ0) is 20.7. The first kappa shape index (κ1) is 21.6. The summed E-state index contributed by atoms with van der Waals surface area (Å²) in [5.74, 6) is 0. The molecule has 0 saturated carbocycles. The highest BCUT2D eigenvalue weighted by Crippen LogP contribution is 2.43. The molecule has 1 aromatic carbocycles. The van der Waals surface area contributed by atoms with Gasteiger partial charge in [0.15, 0.2) is 0 Å². The van der Waals surface area contributed by atoms with Gasteiger partial charge in [0.25, 0.3) is 0 Å². The molecule has 0 saturated heterocycles. The molecule has 0 spiro atoms. The normalized spacial score (nSPS) is 17.9. The van der Waals surface area contributed by atoms with Gasteiger partial charge in [-0.15, -0.1) is 0 Å². The van der Waals surface area contributed by atoms with Crippen LogP contribution in [0.3, 0.4) is 0 Å². The molecule has 2 aromatic rings. The predicted molar refractivity (Wildman–Crippen MR) is 121 cm³/mol. The molecule has 29 heavy (non-hydrogen) atoms. The summed E-state index contributed by atoms with van der Waals surface area (Å²) < 4.78 is 0. The third-order valence-electron chi connectivity index (χ3n) is 6.65. The van der Waals surface area contributed by atoms with E-state index in [4.69, 9.17) is 4.98 Å². The van der Waals surface area contributed by atoms with Gasteiger partial charge >= 0.3 is 0 Å². The summed E-state index contributed by atoms with van der Waals surface area (Å²) >= 11 is 0. The smallest absolute Gasteiger partial charge is 0.104 e. The van der Waals surface area contributed by atoms with Gasteiger partial charge in [-0.05, 0) is 74.1 Å². The molecular formula is C27H36N2. The molecule has 2 heteroatoms. The Labute approximate surface area is 177 Å². The van der Waals surface area contributed by atoms with Crippen molar-refractivity contribution in [1.29, 1.82) is 5.26 Å². The average Bonchev–Trinajstić information content (AvgIpc) is 3.10. The summed E-state index contributed by atoms with van der Waals surface area (Å²) in [7, 11) is 0. The van der Waals surface area contributed by atoms with E-state index in [0.29, 0.717) is 0 Å². The van der Waals surface area contributed by atoms with Crippen LogP contribution in [0.25, 0.3) is 0 Å². The second kappa shape index (κ2) is 10.1. The number of fused-ring (bicyclic) bond motifs is 1. The molecule has 0 bridgehead atoms. The maximum atomic E-state index is 10.3. The Kier molecular flexibility index (Phi) is 7.48. The highest BCUT2D eigenvalue weighted by Gasteiger charge is 2.42. The molecule has 3 rings (SSSR count). The summed E-state index contributed by atoms with van der Waals surface area (Å²) in [6.07, 6.45) is 12.3. The fourth-order valence-corrected chi connectivity index (χ4v) is 4.90. The summed E-state index contributed by atoms with van der Waals surface area (Å²) in [5, 5.41) is 10.3. The largest absolute Gasteiger partial charge is 0.256 e. The molecule has 0 N–H and O–H groups in total. The van der Waals surface area contributed by atoms with Crippen molar-refractivity contribution in [2.75, 3.05) is 0 Å². The summed E-state index contributed by atoms with van der Waals surface area (Å²) in [4.78, 5) is 5.26. The van der Waals surface area contributed by atoms with Crippen molar-refractivity contribution in [3.63, 3.8) is 0 Å². The predicted octanol–water partition coefficient (Wildman–Crippen LogP) is 6.81. The lowest BCUT2D eigenvalue weighted by Gasteiger charge is -2.24. The van der Waals surface area contributed by atoms with Gasteiger partial charge in [-0.2, -0.15) is 5.26 Å². The van der Waals surface area contributed by atoms with E-state index in [0.717, 1.165) is 37.8 Å². The van der Waals surface area contributed by atoms with Gasteiger partial charge in [-0.3, -0.25) is 4.98 Å². The van der Waals surface area contributed by atoms with Crippen molar-refractivity contribution in [1.82, 2.24) is 4.98 Å². The molecule has 1 aromatic heterocycles. The lowest BCUT2D eigenvalue weighted by molar-refractivity contribution is 0.526. The number of rotatable bonds is 10. The van der Waals surface area contributed by atoms with Crippen LogP contribution >= 0.6 is 0 Å². The molecule has 0 unspecified atom stereocenters. The van der Waals surface area contributed by atoms with Crippen LogP contribution in [0.15, 0.2) is 30.3 Å². The summed E-state index contributed by atoms with van der Waals surface area (Å²) in [5.41, 5.74) is 7.43. The van der Waals surface area contributed by atoms with E-state index in [2.05, 4.69) is 51.1 Å².